The lowest BCUT2D eigenvalue weighted by Crippen LogP contribution is -2.51. The largest absolute Gasteiger partial charge is 0.368 e. The molecule has 0 heterocycles. The second kappa shape index (κ2) is 7.78. The van der Waals surface area contributed by atoms with Gasteiger partial charge in [-0.25, -0.2) is 0 Å². The number of rotatable bonds is 7. The van der Waals surface area contributed by atoms with Gasteiger partial charge < -0.3 is 16.8 Å². The van der Waals surface area contributed by atoms with Crippen LogP contribution in [0.4, 0.5) is 0 Å². The zero-order chi connectivity index (χ0) is 16.0. The van der Waals surface area contributed by atoms with E-state index in [-0.39, 0.29) is 11.8 Å². The van der Waals surface area contributed by atoms with E-state index in [0.717, 1.165) is 11.1 Å². The minimum Gasteiger partial charge on any atom is -0.368 e. The summed E-state index contributed by atoms with van der Waals surface area (Å²) in [5, 5.41) is 2.64. The molecule has 0 saturated carbocycles. The standard InChI is InChI=1S/C16H25N3O2/c1-10(2)7-14(15(18)20)19-16(21)13(17)9-12-6-4-5-11(3)8-12/h4-6,8,10,13-14H,7,9,17H2,1-3H3,(H2,18,20)(H,19,21)/t13-,14-/m0/s1. The molecule has 0 aliphatic carbocycles. The molecule has 1 rings (SSSR count). The van der Waals surface area contributed by atoms with E-state index in [1.165, 1.54) is 0 Å². The van der Waals surface area contributed by atoms with Crippen LogP contribution in [0, 0.1) is 12.8 Å². The van der Waals surface area contributed by atoms with Gasteiger partial charge in [0.25, 0.3) is 0 Å². The number of carbonyl (C=O) groups is 2. The first-order valence-corrected chi connectivity index (χ1v) is 7.20. The summed E-state index contributed by atoms with van der Waals surface area (Å²) in [6.07, 6.45) is 0.943. The first kappa shape index (κ1) is 17.2. The van der Waals surface area contributed by atoms with Crippen molar-refractivity contribution in [3.05, 3.63) is 35.4 Å². The van der Waals surface area contributed by atoms with E-state index >= 15 is 0 Å². The quantitative estimate of drug-likeness (QED) is 0.695. The van der Waals surface area contributed by atoms with Crippen LogP contribution < -0.4 is 16.8 Å². The average Bonchev–Trinajstić information content (AvgIpc) is 2.37. The number of benzene rings is 1. The average molecular weight is 291 g/mol. The van der Waals surface area contributed by atoms with Gasteiger partial charge in [0.1, 0.15) is 6.04 Å². The molecule has 0 radical (unpaired) electrons. The van der Waals surface area contributed by atoms with Crippen molar-refractivity contribution in [1.29, 1.82) is 0 Å². The number of carbonyl (C=O) groups excluding carboxylic acids is 2. The first-order valence-electron chi connectivity index (χ1n) is 7.20. The highest BCUT2D eigenvalue weighted by atomic mass is 16.2. The third-order valence-electron chi connectivity index (χ3n) is 3.24. The minimum absolute atomic E-state index is 0.260. The third-order valence-corrected chi connectivity index (χ3v) is 3.24. The Bertz CT molecular complexity index is 500. The zero-order valence-electron chi connectivity index (χ0n) is 12.9. The maximum Gasteiger partial charge on any atom is 0.240 e. The monoisotopic (exact) mass is 291 g/mol. The number of aryl methyl sites for hydroxylation is 1. The fraction of sp³-hybridized carbons (Fsp3) is 0.500. The Labute approximate surface area is 126 Å². The Morgan fingerprint density at radius 3 is 2.48 bits per heavy atom. The number of nitrogens with two attached hydrogens (primary N) is 2. The summed E-state index contributed by atoms with van der Waals surface area (Å²) < 4.78 is 0. The van der Waals surface area contributed by atoms with E-state index < -0.39 is 18.0 Å². The van der Waals surface area contributed by atoms with Gasteiger partial charge >= 0.3 is 0 Å². The molecule has 0 spiro atoms. The molecule has 1 aromatic carbocycles. The van der Waals surface area contributed by atoms with Crippen molar-refractivity contribution in [2.75, 3.05) is 0 Å². The maximum absolute atomic E-state index is 12.1. The predicted octanol–water partition coefficient (Wildman–Crippen LogP) is 0.881. The molecule has 0 fully saturated rings. The van der Waals surface area contributed by atoms with E-state index in [4.69, 9.17) is 11.5 Å². The van der Waals surface area contributed by atoms with Crippen molar-refractivity contribution in [1.82, 2.24) is 5.32 Å². The van der Waals surface area contributed by atoms with Crippen LogP contribution in [0.3, 0.4) is 0 Å². The highest BCUT2D eigenvalue weighted by Crippen LogP contribution is 2.08. The van der Waals surface area contributed by atoms with Gasteiger partial charge in [0.05, 0.1) is 6.04 Å². The Balaban J connectivity index is 2.62. The Morgan fingerprint density at radius 1 is 1.29 bits per heavy atom. The molecule has 0 bridgehead atoms. The van der Waals surface area contributed by atoms with Crippen LogP contribution in [0.2, 0.25) is 0 Å². The van der Waals surface area contributed by atoms with Gasteiger partial charge in [-0.3, -0.25) is 9.59 Å². The first-order chi connectivity index (χ1) is 9.79. The maximum atomic E-state index is 12.1. The van der Waals surface area contributed by atoms with Crippen LogP contribution in [0.5, 0.6) is 0 Å². The lowest BCUT2D eigenvalue weighted by atomic mass is 10.0. The van der Waals surface area contributed by atoms with Gasteiger partial charge in [0.2, 0.25) is 11.8 Å². The van der Waals surface area contributed by atoms with Crippen molar-refractivity contribution in [3.8, 4) is 0 Å². The molecule has 5 N–H and O–H groups in total. The van der Waals surface area contributed by atoms with Crippen LogP contribution >= 0.6 is 0 Å². The molecular weight excluding hydrogens is 266 g/mol. The lowest BCUT2D eigenvalue weighted by Gasteiger charge is -2.20. The van der Waals surface area contributed by atoms with Crippen molar-refractivity contribution < 1.29 is 9.59 Å². The highest BCUT2D eigenvalue weighted by Gasteiger charge is 2.22. The minimum atomic E-state index is -0.694. The SMILES string of the molecule is Cc1cccc(C[C@H](N)C(=O)N[C@@H](CC(C)C)C(N)=O)c1. The van der Waals surface area contributed by atoms with E-state index in [1.807, 2.05) is 45.0 Å². The number of hydrogen-bond donors (Lipinski definition) is 3. The molecule has 1 aromatic rings. The molecule has 0 aliphatic rings. The molecule has 21 heavy (non-hydrogen) atoms. The van der Waals surface area contributed by atoms with Crippen LogP contribution in [0.25, 0.3) is 0 Å². The number of primary amides is 1. The van der Waals surface area contributed by atoms with Crippen molar-refractivity contribution in [3.63, 3.8) is 0 Å². The fourth-order valence-electron chi connectivity index (χ4n) is 2.18. The van der Waals surface area contributed by atoms with E-state index in [2.05, 4.69) is 5.32 Å². The Hall–Kier alpha value is -1.88. The normalized spacial score (nSPS) is 13.8. The second-order valence-corrected chi connectivity index (χ2v) is 5.89. The third kappa shape index (κ3) is 5.95. The molecule has 0 saturated heterocycles. The molecule has 0 aromatic heterocycles. The fourth-order valence-corrected chi connectivity index (χ4v) is 2.18. The summed E-state index contributed by atoms with van der Waals surface area (Å²) in [5.74, 6) is -0.614. The molecule has 116 valence electrons. The van der Waals surface area contributed by atoms with Gasteiger partial charge in [-0.2, -0.15) is 0 Å². The molecule has 5 nitrogen and oxygen atoms in total. The van der Waals surface area contributed by atoms with Gasteiger partial charge in [-0.1, -0.05) is 43.7 Å². The number of hydrogen-bond acceptors (Lipinski definition) is 3. The topological polar surface area (TPSA) is 98.2 Å². The van der Waals surface area contributed by atoms with Gasteiger partial charge in [-0.05, 0) is 31.2 Å². The summed E-state index contributed by atoms with van der Waals surface area (Å²) in [4.78, 5) is 23.4. The highest BCUT2D eigenvalue weighted by molar-refractivity contribution is 5.89. The van der Waals surface area contributed by atoms with Gasteiger partial charge in [0, 0.05) is 0 Å². The summed E-state index contributed by atoms with van der Waals surface area (Å²) in [6, 6.07) is 6.48. The van der Waals surface area contributed by atoms with Crippen LogP contribution in [-0.4, -0.2) is 23.9 Å². The Morgan fingerprint density at radius 2 is 1.95 bits per heavy atom. The van der Waals surface area contributed by atoms with E-state index in [9.17, 15) is 9.59 Å². The van der Waals surface area contributed by atoms with E-state index in [0.29, 0.717) is 12.8 Å². The molecule has 5 heteroatoms. The molecule has 0 aliphatic heterocycles. The summed E-state index contributed by atoms with van der Waals surface area (Å²) >= 11 is 0. The molecular formula is C16H25N3O2. The molecule has 0 unspecified atom stereocenters. The van der Waals surface area contributed by atoms with E-state index in [1.54, 1.807) is 0 Å². The van der Waals surface area contributed by atoms with Crippen molar-refractivity contribution in [2.45, 2.75) is 45.7 Å². The van der Waals surface area contributed by atoms with Gasteiger partial charge in [-0.15, -0.1) is 0 Å². The molecule has 2 amide bonds. The second-order valence-electron chi connectivity index (χ2n) is 5.89. The summed E-state index contributed by atoms with van der Waals surface area (Å²) in [5.41, 5.74) is 13.3. The van der Waals surface area contributed by atoms with Gasteiger partial charge in [0.15, 0.2) is 0 Å². The summed E-state index contributed by atoms with van der Waals surface area (Å²) in [6.45, 7) is 5.92. The van der Waals surface area contributed by atoms with Crippen molar-refractivity contribution in [2.24, 2.45) is 17.4 Å². The van der Waals surface area contributed by atoms with Crippen LogP contribution in [-0.2, 0) is 16.0 Å². The number of amides is 2. The summed E-state index contributed by atoms with van der Waals surface area (Å²) in [7, 11) is 0. The predicted molar refractivity (Wildman–Crippen MR) is 83.4 cm³/mol. The van der Waals surface area contributed by atoms with Crippen LogP contribution in [0.15, 0.2) is 24.3 Å². The smallest absolute Gasteiger partial charge is 0.240 e. The van der Waals surface area contributed by atoms with Crippen molar-refractivity contribution >= 4 is 11.8 Å². The lowest BCUT2D eigenvalue weighted by molar-refractivity contribution is -0.128. The zero-order valence-corrected chi connectivity index (χ0v) is 12.9. The number of nitrogens with one attached hydrogen (secondary N) is 1. The van der Waals surface area contributed by atoms with Crippen LogP contribution in [0.1, 0.15) is 31.4 Å². The Kier molecular flexibility index (Phi) is 6.37. The molecule has 2 atom stereocenters.